The molecule has 18 heavy (non-hydrogen) atoms. The molecule has 0 N–H and O–H groups in total. The van der Waals surface area contributed by atoms with E-state index in [-0.39, 0.29) is 6.42 Å². The highest BCUT2D eigenvalue weighted by atomic mass is 16.5. The Hall–Kier alpha value is -1.37. The van der Waals surface area contributed by atoms with Crippen LogP contribution in [0.1, 0.15) is 49.7 Å². The molecule has 4 saturated carbocycles. The summed E-state index contributed by atoms with van der Waals surface area (Å²) in [5.41, 5.74) is 0. The molecule has 0 amide bonds. The Kier molecular flexibility index (Phi) is 2.23. The Morgan fingerprint density at radius 1 is 1.11 bits per heavy atom. The van der Waals surface area contributed by atoms with Crippen molar-refractivity contribution in [2.45, 2.75) is 44.4 Å². The van der Waals surface area contributed by atoms with Crippen molar-refractivity contribution in [2.24, 2.45) is 23.7 Å². The van der Waals surface area contributed by atoms with E-state index in [0.717, 1.165) is 29.5 Å². The first-order valence-electron chi connectivity index (χ1n) is 7.03. The molecule has 94 valence electrons. The minimum atomic E-state index is 0.236. The third kappa shape index (κ3) is 1.50. The molecule has 4 heteroatoms. The van der Waals surface area contributed by atoms with Gasteiger partial charge in [0.25, 0.3) is 0 Å². The van der Waals surface area contributed by atoms with Gasteiger partial charge in [-0.25, -0.2) is 0 Å². The van der Waals surface area contributed by atoms with Gasteiger partial charge in [-0.1, -0.05) is 5.16 Å². The van der Waals surface area contributed by atoms with Crippen LogP contribution in [-0.4, -0.2) is 10.1 Å². The molecule has 0 unspecified atom stereocenters. The van der Waals surface area contributed by atoms with Crippen LogP contribution in [0.3, 0.4) is 0 Å². The quantitative estimate of drug-likeness (QED) is 0.801. The van der Waals surface area contributed by atoms with Gasteiger partial charge >= 0.3 is 0 Å². The van der Waals surface area contributed by atoms with Gasteiger partial charge in [0.15, 0.2) is 5.82 Å². The second-order valence-corrected chi connectivity index (χ2v) is 6.34. The van der Waals surface area contributed by atoms with E-state index in [2.05, 4.69) is 16.2 Å². The van der Waals surface area contributed by atoms with Gasteiger partial charge < -0.3 is 4.52 Å². The molecule has 5 rings (SSSR count). The van der Waals surface area contributed by atoms with Crippen LogP contribution in [-0.2, 0) is 6.42 Å². The molecule has 1 heterocycles. The Labute approximate surface area is 106 Å². The van der Waals surface area contributed by atoms with Crippen LogP contribution in [0.2, 0.25) is 0 Å². The summed E-state index contributed by atoms with van der Waals surface area (Å²) in [6, 6.07) is 2.07. The van der Waals surface area contributed by atoms with Crippen molar-refractivity contribution in [2.75, 3.05) is 0 Å². The van der Waals surface area contributed by atoms with Gasteiger partial charge in [-0.15, -0.1) is 0 Å². The summed E-state index contributed by atoms with van der Waals surface area (Å²) >= 11 is 0. The van der Waals surface area contributed by atoms with Crippen LogP contribution < -0.4 is 0 Å². The zero-order chi connectivity index (χ0) is 12.1. The average molecular weight is 243 g/mol. The lowest BCUT2D eigenvalue weighted by atomic mass is 9.52. The summed E-state index contributed by atoms with van der Waals surface area (Å²) in [4.78, 5) is 4.45. The normalized spacial score (nSPS) is 40.9. The minimum absolute atomic E-state index is 0.236. The summed E-state index contributed by atoms with van der Waals surface area (Å²) in [6.45, 7) is 0. The first-order chi connectivity index (χ1) is 8.83. The van der Waals surface area contributed by atoms with Crippen molar-refractivity contribution in [3.63, 3.8) is 0 Å². The van der Waals surface area contributed by atoms with Crippen LogP contribution >= 0.6 is 0 Å². The predicted molar refractivity (Wildman–Crippen MR) is 63.4 cm³/mol. The molecule has 0 spiro atoms. The highest BCUT2D eigenvalue weighted by molar-refractivity contribution is 5.10. The zero-order valence-electron chi connectivity index (χ0n) is 10.4. The second-order valence-electron chi connectivity index (χ2n) is 6.34. The maximum atomic E-state index is 8.66. The first kappa shape index (κ1) is 10.5. The van der Waals surface area contributed by atoms with Crippen LogP contribution in [0, 0.1) is 35.0 Å². The summed E-state index contributed by atoms with van der Waals surface area (Å²) in [5, 5.41) is 12.8. The molecular weight excluding hydrogens is 226 g/mol. The van der Waals surface area contributed by atoms with Crippen molar-refractivity contribution < 1.29 is 4.52 Å². The fraction of sp³-hybridized carbons (Fsp3) is 0.786. The SMILES string of the molecule is N#CCc1nc(C2C3CC4CC(C3)CC2C4)no1. The standard InChI is InChI=1S/C14H17N3O/c15-2-1-12-16-14(17-18-12)13-10-4-8-3-9(6-10)7-11(13)5-8/h8-11,13H,1,3-7H2. The Balaban J connectivity index is 1.62. The summed E-state index contributed by atoms with van der Waals surface area (Å²) in [5.74, 6) is 5.36. The Bertz CT molecular complexity index is 473. The number of nitrogens with zero attached hydrogens (tertiary/aromatic N) is 3. The zero-order valence-corrected chi connectivity index (χ0v) is 10.4. The molecule has 4 fully saturated rings. The Morgan fingerprint density at radius 3 is 2.39 bits per heavy atom. The van der Waals surface area contributed by atoms with Crippen molar-refractivity contribution >= 4 is 0 Å². The molecule has 0 aliphatic heterocycles. The minimum Gasteiger partial charge on any atom is -0.338 e. The summed E-state index contributed by atoms with van der Waals surface area (Å²) < 4.78 is 5.18. The van der Waals surface area contributed by atoms with E-state index in [0.29, 0.717) is 11.8 Å². The van der Waals surface area contributed by atoms with Crippen molar-refractivity contribution in [3.05, 3.63) is 11.7 Å². The van der Waals surface area contributed by atoms with E-state index in [1.54, 1.807) is 0 Å². The molecule has 0 aromatic carbocycles. The number of hydrogen-bond donors (Lipinski definition) is 0. The van der Waals surface area contributed by atoms with E-state index in [9.17, 15) is 0 Å². The van der Waals surface area contributed by atoms with Crippen LogP contribution in [0.25, 0.3) is 0 Å². The topological polar surface area (TPSA) is 62.7 Å². The fourth-order valence-corrected chi connectivity index (χ4v) is 4.89. The summed E-state index contributed by atoms with van der Waals surface area (Å²) in [6.07, 6.45) is 7.14. The first-order valence-corrected chi connectivity index (χ1v) is 7.03. The van der Waals surface area contributed by atoms with E-state index < -0.39 is 0 Å². The molecule has 1 aromatic heterocycles. The molecule has 0 atom stereocenters. The number of aromatic nitrogens is 2. The lowest BCUT2D eigenvalue weighted by Crippen LogP contribution is -2.44. The van der Waals surface area contributed by atoms with E-state index in [4.69, 9.17) is 9.78 Å². The monoisotopic (exact) mass is 243 g/mol. The third-order valence-corrected chi connectivity index (χ3v) is 5.24. The molecule has 4 aliphatic rings. The van der Waals surface area contributed by atoms with E-state index >= 15 is 0 Å². The smallest absolute Gasteiger partial charge is 0.240 e. The van der Waals surface area contributed by atoms with E-state index in [1.807, 2.05) is 0 Å². The van der Waals surface area contributed by atoms with Gasteiger partial charge in [-0.05, 0) is 55.8 Å². The van der Waals surface area contributed by atoms with Crippen LogP contribution in [0.5, 0.6) is 0 Å². The summed E-state index contributed by atoms with van der Waals surface area (Å²) in [7, 11) is 0. The van der Waals surface area contributed by atoms with Gasteiger partial charge in [-0.3, -0.25) is 0 Å². The molecule has 1 aromatic rings. The lowest BCUT2D eigenvalue weighted by molar-refractivity contribution is -0.00629. The molecule has 0 radical (unpaired) electrons. The highest BCUT2D eigenvalue weighted by Gasteiger charge is 2.50. The van der Waals surface area contributed by atoms with Crippen LogP contribution in [0.15, 0.2) is 4.52 Å². The molecule has 0 saturated heterocycles. The second kappa shape index (κ2) is 3.81. The van der Waals surface area contributed by atoms with Crippen molar-refractivity contribution in [1.82, 2.24) is 10.1 Å². The molecule has 4 bridgehead atoms. The fourth-order valence-electron chi connectivity index (χ4n) is 4.89. The van der Waals surface area contributed by atoms with Gasteiger partial charge in [0.2, 0.25) is 5.89 Å². The average Bonchev–Trinajstić information content (AvgIpc) is 2.76. The van der Waals surface area contributed by atoms with Crippen molar-refractivity contribution in [1.29, 1.82) is 5.26 Å². The maximum Gasteiger partial charge on any atom is 0.240 e. The Morgan fingerprint density at radius 2 is 1.78 bits per heavy atom. The molecule has 4 nitrogen and oxygen atoms in total. The van der Waals surface area contributed by atoms with Crippen molar-refractivity contribution in [3.8, 4) is 6.07 Å². The predicted octanol–water partition coefficient (Wildman–Crippen LogP) is 2.68. The third-order valence-electron chi connectivity index (χ3n) is 5.24. The molecular formula is C14H17N3O. The van der Waals surface area contributed by atoms with Gasteiger partial charge in [0.1, 0.15) is 6.42 Å². The van der Waals surface area contributed by atoms with Gasteiger partial charge in [0.05, 0.1) is 6.07 Å². The lowest BCUT2D eigenvalue weighted by Gasteiger charge is -2.53. The van der Waals surface area contributed by atoms with Gasteiger partial charge in [0, 0.05) is 5.92 Å². The molecule has 4 aliphatic carbocycles. The number of rotatable bonds is 2. The highest BCUT2D eigenvalue weighted by Crippen LogP contribution is 2.59. The van der Waals surface area contributed by atoms with Crippen LogP contribution in [0.4, 0.5) is 0 Å². The number of hydrogen-bond acceptors (Lipinski definition) is 4. The largest absolute Gasteiger partial charge is 0.338 e. The maximum absolute atomic E-state index is 8.66. The number of nitriles is 1. The van der Waals surface area contributed by atoms with Gasteiger partial charge in [-0.2, -0.15) is 10.2 Å². The van der Waals surface area contributed by atoms with E-state index in [1.165, 1.54) is 32.1 Å².